The van der Waals surface area contributed by atoms with E-state index in [2.05, 4.69) is 5.32 Å². The fourth-order valence-corrected chi connectivity index (χ4v) is 2.01. The third-order valence-electron chi connectivity index (χ3n) is 1.96. The molecule has 1 N–H and O–H groups in total. The maximum atomic E-state index is 12.8. The molecule has 0 aliphatic heterocycles. The van der Waals surface area contributed by atoms with Crippen molar-refractivity contribution in [1.82, 2.24) is 5.32 Å². The van der Waals surface area contributed by atoms with E-state index in [1.165, 1.54) is 23.9 Å². The van der Waals surface area contributed by atoms with E-state index < -0.39 is 0 Å². The van der Waals surface area contributed by atoms with Crippen LogP contribution in [0.15, 0.2) is 24.3 Å². The number of benzene rings is 1. The monoisotopic (exact) mass is 241 g/mol. The predicted octanol–water partition coefficient (Wildman–Crippen LogP) is 2.59. The number of rotatable bonds is 6. The van der Waals surface area contributed by atoms with Crippen LogP contribution in [-0.2, 0) is 10.5 Å². The van der Waals surface area contributed by atoms with Crippen LogP contribution < -0.4 is 5.32 Å². The van der Waals surface area contributed by atoms with E-state index in [4.69, 9.17) is 0 Å². The summed E-state index contributed by atoms with van der Waals surface area (Å²) in [6, 6.07) is 6.46. The van der Waals surface area contributed by atoms with Gasteiger partial charge in [-0.25, -0.2) is 4.39 Å². The van der Waals surface area contributed by atoms with Crippen molar-refractivity contribution in [3.05, 3.63) is 35.6 Å². The zero-order valence-electron chi connectivity index (χ0n) is 9.33. The average molecular weight is 241 g/mol. The lowest BCUT2D eigenvalue weighted by Crippen LogP contribution is -2.25. The quantitative estimate of drug-likeness (QED) is 0.829. The Morgan fingerprint density at radius 1 is 1.50 bits per heavy atom. The minimum absolute atomic E-state index is 0.0447. The third kappa shape index (κ3) is 5.16. The molecular weight excluding hydrogens is 225 g/mol. The van der Waals surface area contributed by atoms with E-state index in [0.717, 1.165) is 18.5 Å². The molecule has 0 bridgehead atoms. The van der Waals surface area contributed by atoms with Crippen LogP contribution in [0.4, 0.5) is 4.39 Å². The summed E-state index contributed by atoms with van der Waals surface area (Å²) in [5.41, 5.74) is 0.910. The summed E-state index contributed by atoms with van der Waals surface area (Å²) in [5.74, 6) is 0.908. The Balaban J connectivity index is 2.22. The number of amides is 1. The Hall–Kier alpha value is -1.03. The van der Waals surface area contributed by atoms with Crippen LogP contribution in [0, 0.1) is 5.82 Å². The van der Waals surface area contributed by atoms with Gasteiger partial charge in [-0.3, -0.25) is 4.79 Å². The summed E-state index contributed by atoms with van der Waals surface area (Å²) in [6.07, 6.45) is 0.945. The molecule has 0 aromatic heterocycles. The predicted molar refractivity (Wildman–Crippen MR) is 65.9 cm³/mol. The first-order valence-electron chi connectivity index (χ1n) is 5.31. The molecule has 0 saturated carbocycles. The molecule has 1 amide bonds. The molecule has 1 rings (SSSR count). The fourth-order valence-electron chi connectivity index (χ4n) is 1.20. The van der Waals surface area contributed by atoms with Crippen LogP contribution in [0.1, 0.15) is 18.9 Å². The van der Waals surface area contributed by atoms with Gasteiger partial charge in [-0.05, 0) is 24.1 Å². The van der Waals surface area contributed by atoms with Crippen molar-refractivity contribution in [2.24, 2.45) is 0 Å². The van der Waals surface area contributed by atoms with Crippen LogP contribution in [-0.4, -0.2) is 18.2 Å². The van der Waals surface area contributed by atoms with Crippen LogP contribution in [0.3, 0.4) is 0 Å². The summed E-state index contributed by atoms with van der Waals surface area (Å²) in [4.78, 5) is 11.3. The Bertz CT molecular complexity index is 344. The molecule has 0 heterocycles. The molecule has 88 valence electrons. The minimum atomic E-state index is -0.228. The highest BCUT2D eigenvalue weighted by Gasteiger charge is 2.01. The molecule has 0 aliphatic rings. The Labute approximate surface area is 99.6 Å². The molecule has 0 radical (unpaired) electrons. The lowest BCUT2D eigenvalue weighted by atomic mass is 10.2. The van der Waals surface area contributed by atoms with Crippen molar-refractivity contribution in [3.8, 4) is 0 Å². The van der Waals surface area contributed by atoms with Gasteiger partial charge in [0.05, 0.1) is 5.75 Å². The normalized spacial score (nSPS) is 10.1. The highest BCUT2D eigenvalue weighted by atomic mass is 32.2. The maximum absolute atomic E-state index is 12.8. The van der Waals surface area contributed by atoms with Gasteiger partial charge in [-0.2, -0.15) is 0 Å². The van der Waals surface area contributed by atoms with Crippen LogP contribution in [0.5, 0.6) is 0 Å². The molecule has 0 saturated heterocycles. The van der Waals surface area contributed by atoms with E-state index in [9.17, 15) is 9.18 Å². The zero-order valence-corrected chi connectivity index (χ0v) is 10.1. The van der Waals surface area contributed by atoms with Gasteiger partial charge in [0, 0.05) is 12.3 Å². The summed E-state index contributed by atoms with van der Waals surface area (Å²) in [5, 5.41) is 2.80. The molecule has 1 aromatic rings. The number of nitrogens with one attached hydrogen (secondary N) is 1. The van der Waals surface area contributed by atoms with Crippen LogP contribution in [0.2, 0.25) is 0 Å². The molecule has 0 atom stereocenters. The molecular formula is C12H16FNOS. The molecule has 2 nitrogen and oxygen atoms in total. The Morgan fingerprint density at radius 2 is 2.31 bits per heavy atom. The van der Waals surface area contributed by atoms with Crippen molar-refractivity contribution in [2.45, 2.75) is 19.1 Å². The standard InChI is InChI=1S/C12H16FNOS/c1-2-6-14-12(15)9-16-8-10-4-3-5-11(13)7-10/h3-5,7H,2,6,8-9H2,1H3,(H,14,15). The van der Waals surface area contributed by atoms with Gasteiger partial charge in [-0.1, -0.05) is 19.1 Å². The Kier molecular flexibility index (Phi) is 5.93. The van der Waals surface area contributed by atoms with Crippen molar-refractivity contribution < 1.29 is 9.18 Å². The second kappa shape index (κ2) is 7.28. The maximum Gasteiger partial charge on any atom is 0.230 e. The lowest BCUT2D eigenvalue weighted by molar-refractivity contribution is -0.118. The van der Waals surface area contributed by atoms with Crippen molar-refractivity contribution in [3.63, 3.8) is 0 Å². The van der Waals surface area contributed by atoms with E-state index in [-0.39, 0.29) is 11.7 Å². The molecule has 1 aromatic carbocycles. The summed E-state index contributed by atoms with van der Waals surface area (Å²) in [6.45, 7) is 2.74. The van der Waals surface area contributed by atoms with Crippen molar-refractivity contribution in [1.29, 1.82) is 0 Å². The van der Waals surface area contributed by atoms with Crippen molar-refractivity contribution >= 4 is 17.7 Å². The fraction of sp³-hybridized carbons (Fsp3) is 0.417. The first-order chi connectivity index (χ1) is 7.72. The van der Waals surface area contributed by atoms with Crippen molar-refractivity contribution in [2.75, 3.05) is 12.3 Å². The van der Waals surface area contributed by atoms with E-state index in [1.807, 2.05) is 13.0 Å². The second-order valence-corrected chi connectivity index (χ2v) is 4.46. The smallest absolute Gasteiger partial charge is 0.230 e. The second-order valence-electron chi connectivity index (χ2n) is 3.47. The number of hydrogen-bond acceptors (Lipinski definition) is 2. The van der Waals surface area contributed by atoms with Gasteiger partial charge in [0.15, 0.2) is 0 Å². The SMILES string of the molecule is CCCNC(=O)CSCc1cccc(F)c1. The highest BCUT2D eigenvalue weighted by molar-refractivity contribution is 7.99. The number of thioether (sulfide) groups is 1. The van der Waals surface area contributed by atoms with Gasteiger partial charge in [-0.15, -0.1) is 11.8 Å². The van der Waals surface area contributed by atoms with Crippen LogP contribution >= 0.6 is 11.8 Å². The molecule has 16 heavy (non-hydrogen) atoms. The largest absolute Gasteiger partial charge is 0.355 e. The number of hydrogen-bond donors (Lipinski definition) is 1. The first-order valence-corrected chi connectivity index (χ1v) is 6.46. The molecule has 0 aliphatic carbocycles. The minimum Gasteiger partial charge on any atom is -0.355 e. The van der Waals surface area contributed by atoms with Gasteiger partial charge in [0.2, 0.25) is 5.91 Å². The highest BCUT2D eigenvalue weighted by Crippen LogP contribution is 2.12. The zero-order chi connectivity index (χ0) is 11.8. The van der Waals surface area contributed by atoms with Crippen LogP contribution in [0.25, 0.3) is 0 Å². The number of halogens is 1. The third-order valence-corrected chi connectivity index (χ3v) is 2.97. The van der Waals surface area contributed by atoms with E-state index in [1.54, 1.807) is 6.07 Å². The topological polar surface area (TPSA) is 29.1 Å². The van der Waals surface area contributed by atoms with E-state index in [0.29, 0.717) is 11.5 Å². The number of carbonyl (C=O) groups is 1. The van der Waals surface area contributed by atoms with Gasteiger partial charge in [0.25, 0.3) is 0 Å². The Morgan fingerprint density at radius 3 is 3.00 bits per heavy atom. The average Bonchev–Trinajstić information content (AvgIpc) is 2.26. The lowest BCUT2D eigenvalue weighted by Gasteiger charge is -2.03. The van der Waals surface area contributed by atoms with Gasteiger partial charge in [0.1, 0.15) is 5.82 Å². The van der Waals surface area contributed by atoms with Gasteiger partial charge >= 0.3 is 0 Å². The van der Waals surface area contributed by atoms with Gasteiger partial charge < -0.3 is 5.32 Å². The summed E-state index contributed by atoms with van der Waals surface area (Å²) < 4.78 is 12.8. The molecule has 0 fully saturated rings. The number of carbonyl (C=O) groups excluding carboxylic acids is 1. The molecule has 0 spiro atoms. The molecule has 0 unspecified atom stereocenters. The summed E-state index contributed by atoms with van der Waals surface area (Å²) >= 11 is 1.49. The summed E-state index contributed by atoms with van der Waals surface area (Å²) in [7, 11) is 0. The molecule has 4 heteroatoms. The van der Waals surface area contributed by atoms with E-state index >= 15 is 0 Å². The first kappa shape index (κ1) is 13.0.